The zero-order valence-corrected chi connectivity index (χ0v) is 17.7. The first-order chi connectivity index (χ1) is 15.1. The summed E-state index contributed by atoms with van der Waals surface area (Å²) in [4.78, 5) is 28.8. The highest BCUT2D eigenvalue weighted by atomic mass is 35.5. The van der Waals surface area contributed by atoms with Crippen LogP contribution in [0.5, 0.6) is 0 Å². The van der Waals surface area contributed by atoms with Crippen LogP contribution >= 0.6 is 11.6 Å². The molecule has 1 fully saturated rings. The van der Waals surface area contributed by atoms with Gasteiger partial charge in [-0.3, -0.25) is 9.59 Å². The van der Waals surface area contributed by atoms with Crippen LogP contribution in [-0.4, -0.2) is 46.7 Å². The van der Waals surface area contributed by atoms with Crippen LogP contribution in [0.25, 0.3) is 27.4 Å². The minimum Gasteiger partial charge on any atom is -0.380 e. The Bertz CT molecular complexity index is 1370. The summed E-state index contributed by atoms with van der Waals surface area (Å²) in [5, 5.41) is 6.44. The summed E-state index contributed by atoms with van der Waals surface area (Å²) in [6.07, 6.45) is 2.42. The van der Waals surface area contributed by atoms with Crippen molar-refractivity contribution in [1.29, 1.82) is 0 Å². The first kappa shape index (κ1) is 19.7. The Morgan fingerprint density at radius 3 is 2.71 bits per heavy atom. The molecule has 0 radical (unpaired) electrons. The number of likely N-dealkylation sites (tertiary alicyclic amines) is 1. The van der Waals surface area contributed by atoms with Gasteiger partial charge >= 0.3 is 0 Å². The van der Waals surface area contributed by atoms with Gasteiger partial charge in [-0.05, 0) is 30.2 Å². The van der Waals surface area contributed by atoms with Crippen LogP contribution in [0.1, 0.15) is 16.8 Å². The van der Waals surface area contributed by atoms with Gasteiger partial charge in [0.1, 0.15) is 0 Å². The Morgan fingerprint density at radius 2 is 1.97 bits per heavy atom. The van der Waals surface area contributed by atoms with E-state index in [9.17, 15) is 9.59 Å². The van der Waals surface area contributed by atoms with E-state index in [0.29, 0.717) is 40.1 Å². The normalized spacial score (nSPS) is 16.3. The van der Waals surface area contributed by atoms with Crippen LogP contribution in [-0.2, 0) is 4.74 Å². The number of aromatic nitrogens is 2. The lowest BCUT2D eigenvalue weighted by molar-refractivity contribution is 0.0725. The van der Waals surface area contributed by atoms with E-state index in [1.165, 1.54) is 4.52 Å². The van der Waals surface area contributed by atoms with Gasteiger partial charge in [0.25, 0.3) is 11.5 Å². The Hall–Kier alpha value is -3.22. The zero-order valence-electron chi connectivity index (χ0n) is 16.9. The molecule has 156 valence electrons. The highest BCUT2D eigenvalue weighted by molar-refractivity contribution is 6.31. The average molecular weight is 434 g/mol. The molecule has 2 aromatic carbocycles. The minimum atomic E-state index is -0.282. The Kier molecular flexibility index (Phi) is 4.96. The van der Waals surface area contributed by atoms with E-state index in [-0.39, 0.29) is 17.6 Å². The second kappa shape index (κ2) is 7.80. The topological polar surface area (TPSA) is 63.9 Å². The van der Waals surface area contributed by atoms with Gasteiger partial charge in [-0.1, -0.05) is 48.0 Å². The molecule has 1 aliphatic rings. The zero-order chi connectivity index (χ0) is 21.5. The van der Waals surface area contributed by atoms with E-state index >= 15 is 0 Å². The lowest BCUT2D eigenvalue weighted by Crippen LogP contribution is -2.32. The molecule has 0 unspecified atom stereocenters. The van der Waals surface area contributed by atoms with Gasteiger partial charge in [-0.25, -0.2) is 0 Å². The average Bonchev–Trinajstić information content (AvgIpc) is 3.29. The van der Waals surface area contributed by atoms with Crippen molar-refractivity contribution in [3.63, 3.8) is 0 Å². The van der Waals surface area contributed by atoms with Gasteiger partial charge in [0.15, 0.2) is 0 Å². The van der Waals surface area contributed by atoms with Crippen molar-refractivity contribution in [3.05, 3.63) is 81.7 Å². The van der Waals surface area contributed by atoms with Gasteiger partial charge in [0.05, 0.1) is 23.4 Å². The largest absolute Gasteiger partial charge is 0.380 e. The third-order valence-corrected chi connectivity index (χ3v) is 6.08. The number of benzene rings is 2. The molecule has 0 spiro atoms. The molecule has 1 saturated heterocycles. The Labute approximate surface area is 183 Å². The van der Waals surface area contributed by atoms with Crippen LogP contribution in [0, 0.1) is 0 Å². The maximum Gasteiger partial charge on any atom is 0.279 e. The van der Waals surface area contributed by atoms with E-state index in [1.54, 1.807) is 36.4 Å². The fourth-order valence-corrected chi connectivity index (χ4v) is 4.37. The van der Waals surface area contributed by atoms with E-state index in [1.807, 2.05) is 36.4 Å². The predicted molar refractivity (Wildman–Crippen MR) is 121 cm³/mol. The number of nitrogens with zero attached hydrogens (tertiary/aromatic N) is 3. The minimum absolute atomic E-state index is 0.0135. The fourth-order valence-electron chi connectivity index (χ4n) is 4.20. The van der Waals surface area contributed by atoms with Gasteiger partial charge in [-0.2, -0.15) is 9.61 Å². The molecular formula is C24H20ClN3O3. The van der Waals surface area contributed by atoms with Crippen molar-refractivity contribution in [2.75, 3.05) is 20.2 Å². The quantitative estimate of drug-likeness (QED) is 0.457. The molecule has 1 atom stereocenters. The lowest BCUT2D eigenvalue weighted by Gasteiger charge is -2.19. The summed E-state index contributed by atoms with van der Waals surface area (Å²) in [7, 11) is 1.66. The van der Waals surface area contributed by atoms with Gasteiger partial charge in [-0.15, -0.1) is 0 Å². The number of carbonyl (C=O) groups is 1. The standard InChI is InChI=1S/C24H20ClN3O3/c1-31-18-9-10-27(14-18)23(29)21-12-20(15-5-3-2-4-6-15)24(30)28-22(21)19-11-17(25)8-7-16(19)13-26-28/h2-8,11-13,18H,9-10,14H2,1H3/t18-/m0/s1. The highest BCUT2D eigenvalue weighted by Crippen LogP contribution is 2.28. The molecule has 4 aromatic rings. The number of carbonyl (C=O) groups excluding carboxylic acids is 1. The first-order valence-corrected chi connectivity index (χ1v) is 10.5. The van der Waals surface area contributed by atoms with Gasteiger partial charge in [0, 0.05) is 41.6 Å². The van der Waals surface area contributed by atoms with Crippen LogP contribution in [0.3, 0.4) is 0 Å². The summed E-state index contributed by atoms with van der Waals surface area (Å²) < 4.78 is 6.75. The number of ether oxygens (including phenoxy) is 1. The molecular weight excluding hydrogens is 414 g/mol. The summed E-state index contributed by atoms with van der Waals surface area (Å²) in [5.41, 5.74) is 1.78. The van der Waals surface area contributed by atoms with Crippen LogP contribution in [0.2, 0.25) is 5.02 Å². The molecule has 7 heteroatoms. The van der Waals surface area contributed by atoms with E-state index in [0.717, 1.165) is 17.4 Å². The number of hydrogen-bond donors (Lipinski definition) is 0. The third-order valence-electron chi connectivity index (χ3n) is 5.84. The van der Waals surface area contributed by atoms with Crippen molar-refractivity contribution >= 4 is 33.8 Å². The molecule has 3 heterocycles. The molecule has 0 bridgehead atoms. The van der Waals surface area contributed by atoms with E-state index in [2.05, 4.69) is 5.10 Å². The van der Waals surface area contributed by atoms with E-state index < -0.39 is 0 Å². The molecule has 31 heavy (non-hydrogen) atoms. The Morgan fingerprint density at radius 1 is 1.16 bits per heavy atom. The van der Waals surface area contributed by atoms with Gasteiger partial charge in [0.2, 0.25) is 0 Å². The summed E-state index contributed by atoms with van der Waals surface area (Å²) >= 11 is 6.26. The Balaban J connectivity index is 1.82. The highest BCUT2D eigenvalue weighted by Gasteiger charge is 2.29. The number of halogens is 1. The molecule has 1 amide bonds. The van der Waals surface area contributed by atoms with Crippen LogP contribution < -0.4 is 5.56 Å². The molecule has 0 N–H and O–H groups in total. The SMILES string of the molecule is CO[C@H]1CCN(C(=O)c2cc(-c3ccccc3)c(=O)n3ncc4ccc(Cl)cc4c23)C1. The van der Waals surface area contributed by atoms with Gasteiger partial charge < -0.3 is 9.64 Å². The number of amides is 1. The number of fused-ring (bicyclic) bond motifs is 3. The van der Waals surface area contributed by atoms with Crippen LogP contribution in [0.15, 0.2) is 65.6 Å². The second-order valence-corrected chi connectivity index (χ2v) is 8.11. The second-order valence-electron chi connectivity index (χ2n) is 7.68. The van der Waals surface area contributed by atoms with Crippen molar-refractivity contribution in [2.24, 2.45) is 0 Å². The van der Waals surface area contributed by atoms with Crippen molar-refractivity contribution in [2.45, 2.75) is 12.5 Å². The summed E-state index contributed by atoms with van der Waals surface area (Å²) in [6, 6.07) is 16.4. The molecule has 0 saturated carbocycles. The molecule has 1 aliphatic heterocycles. The van der Waals surface area contributed by atoms with E-state index in [4.69, 9.17) is 16.3 Å². The first-order valence-electron chi connectivity index (χ1n) is 10.1. The molecule has 6 nitrogen and oxygen atoms in total. The lowest BCUT2D eigenvalue weighted by atomic mass is 10.0. The summed E-state index contributed by atoms with van der Waals surface area (Å²) in [5.74, 6) is -0.150. The monoisotopic (exact) mass is 433 g/mol. The number of pyridine rings is 1. The number of methoxy groups -OCH3 is 1. The molecule has 2 aromatic heterocycles. The number of hydrogen-bond acceptors (Lipinski definition) is 4. The van der Waals surface area contributed by atoms with Crippen LogP contribution in [0.4, 0.5) is 0 Å². The number of rotatable bonds is 3. The third kappa shape index (κ3) is 3.38. The van der Waals surface area contributed by atoms with Crippen molar-refractivity contribution in [3.8, 4) is 11.1 Å². The summed E-state index contributed by atoms with van der Waals surface area (Å²) in [6.45, 7) is 1.11. The fraction of sp³-hybridized carbons (Fsp3) is 0.208. The van der Waals surface area contributed by atoms with Crippen molar-refractivity contribution in [1.82, 2.24) is 14.5 Å². The molecule has 0 aliphatic carbocycles. The van der Waals surface area contributed by atoms with Crippen molar-refractivity contribution < 1.29 is 9.53 Å². The predicted octanol–water partition coefficient (Wildman–Crippen LogP) is 4.03. The smallest absolute Gasteiger partial charge is 0.279 e. The molecule has 5 rings (SSSR count). The maximum absolute atomic E-state index is 13.6. The maximum atomic E-state index is 13.6.